The molecule has 0 fully saturated rings. The highest BCUT2D eigenvalue weighted by Crippen LogP contribution is 2.11. The molecule has 0 saturated heterocycles. The molecule has 0 aromatic carbocycles. The Bertz CT molecular complexity index is 208. The lowest BCUT2D eigenvalue weighted by Gasteiger charge is -2.22. The summed E-state index contributed by atoms with van der Waals surface area (Å²) in [6, 6.07) is 0. The van der Waals surface area contributed by atoms with Crippen LogP contribution in [0, 0.1) is 0 Å². The van der Waals surface area contributed by atoms with Gasteiger partial charge in [-0.3, -0.25) is 0 Å². The molecule has 0 N–H and O–H groups in total. The van der Waals surface area contributed by atoms with E-state index in [1.807, 2.05) is 0 Å². The zero-order chi connectivity index (χ0) is 18.4. The first-order valence-corrected chi connectivity index (χ1v) is 12.1. The van der Waals surface area contributed by atoms with E-state index >= 15 is 0 Å². The Hall–Kier alpha value is -0.0400. The van der Waals surface area contributed by atoms with Crippen molar-refractivity contribution in [2.45, 2.75) is 136 Å². The summed E-state index contributed by atoms with van der Waals surface area (Å²) in [6.07, 6.45) is 25.7. The molecule has 25 heavy (non-hydrogen) atoms. The van der Waals surface area contributed by atoms with Crippen molar-refractivity contribution in [2.75, 3.05) is 19.6 Å². The minimum atomic E-state index is 1.35. The van der Waals surface area contributed by atoms with Crippen molar-refractivity contribution in [1.29, 1.82) is 0 Å². The largest absolute Gasteiger partial charge is 0.303 e. The molecule has 0 atom stereocenters. The highest BCUT2D eigenvalue weighted by molar-refractivity contribution is 4.60. The van der Waals surface area contributed by atoms with E-state index in [0.717, 1.165) is 0 Å². The van der Waals surface area contributed by atoms with Crippen LogP contribution in [0.1, 0.15) is 136 Å². The Morgan fingerprint density at radius 1 is 0.320 bits per heavy atom. The summed E-state index contributed by atoms with van der Waals surface area (Å²) in [7, 11) is 0. The lowest BCUT2D eigenvalue weighted by atomic mass is 10.1. The smallest absolute Gasteiger partial charge is 0.00187 e. The summed E-state index contributed by atoms with van der Waals surface area (Å²) in [6.45, 7) is 11.0. The summed E-state index contributed by atoms with van der Waals surface area (Å²) < 4.78 is 0. The molecule has 1 heteroatoms. The first-order chi connectivity index (χ1) is 12.3. The molecule has 0 rings (SSSR count). The molecule has 0 aliphatic rings. The molecule has 0 bridgehead atoms. The van der Waals surface area contributed by atoms with Crippen LogP contribution in [0.3, 0.4) is 0 Å². The summed E-state index contributed by atoms with van der Waals surface area (Å²) in [5.41, 5.74) is 0. The van der Waals surface area contributed by atoms with Gasteiger partial charge in [0, 0.05) is 0 Å². The van der Waals surface area contributed by atoms with Crippen molar-refractivity contribution in [1.82, 2.24) is 4.90 Å². The predicted molar refractivity (Wildman–Crippen MR) is 117 cm³/mol. The van der Waals surface area contributed by atoms with E-state index < -0.39 is 0 Å². The van der Waals surface area contributed by atoms with Crippen LogP contribution in [0.2, 0.25) is 0 Å². The van der Waals surface area contributed by atoms with E-state index in [-0.39, 0.29) is 0 Å². The summed E-state index contributed by atoms with van der Waals surface area (Å²) >= 11 is 0. The Kier molecular flexibility index (Phi) is 22.0. The van der Waals surface area contributed by atoms with Crippen LogP contribution in [0.15, 0.2) is 0 Å². The van der Waals surface area contributed by atoms with Crippen molar-refractivity contribution < 1.29 is 0 Å². The zero-order valence-electron chi connectivity index (χ0n) is 18.3. The van der Waals surface area contributed by atoms with Gasteiger partial charge in [0.1, 0.15) is 0 Å². The molecule has 0 amide bonds. The maximum Gasteiger partial charge on any atom is -0.00187 e. The lowest BCUT2D eigenvalue weighted by Crippen LogP contribution is -2.27. The normalized spacial score (nSPS) is 11.5. The van der Waals surface area contributed by atoms with Gasteiger partial charge < -0.3 is 4.90 Å². The van der Waals surface area contributed by atoms with Gasteiger partial charge in [-0.2, -0.15) is 0 Å². The van der Waals surface area contributed by atoms with Gasteiger partial charge in [0.15, 0.2) is 0 Å². The van der Waals surface area contributed by atoms with Gasteiger partial charge in [0.2, 0.25) is 0 Å². The van der Waals surface area contributed by atoms with Gasteiger partial charge in [-0.15, -0.1) is 0 Å². The Morgan fingerprint density at radius 3 is 0.880 bits per heavy atom. The standard InChI is InChI=1S/C24H51N/c1-4-7-10-13-15-17-20-23-25(22-19-12-9-6-3)24-21-18-16-14-11-8-5-2/h4-24H2,1-3H3. The van der Waals surface area contributed by atoms with Crippen molar-refractivity contribution >= 4 is 0 Å². The van der Waals surface area contributed by atoms with Gasteiger partial charge in [-0.25, -0.2) is 0 Å². The average molecular weight is 354 g/mol. The monoisotopic (exact) mass is 353 g/mol. The van der Waals surface area contributed by atoms with E-state index in [2.05, 4.69) is 25.7 Å². The van der Waals surface area contributed by atoms with Gasteiger partial charge >= 0.3 is 0 Å². The summed E-state index contributed by atoms with van der Waals surface area (Å²) in [5.74, 6) is 0. The fraction of sp³-hybridized carbons (Fsp3) is 1.00. The van der Waals surface area contributed by atoms with Crippen LogP contribution in [0.5, 0.6) is 0 Å². The number of hydrogen-bond donors (Lipinski definition) is 0. The second-order valence-electron chi connectivity index (χ2n) is 8.14. The van der Waals surface area contributed by atoms with Crippen LogP contribution in [-0.2, 0) is 0 Å². The van der Waals surface area contributed by atoms with Gasteiger partial charge in [-0.1, -0.05) is 117 Å². The van der Waals surface area contributed by atoms with Gasteiger partial charge in [-0.05, 0) is 38.9 Å². The molecule has 0 radical (unpaired) electrons. The van der Waals surface area contributed by atoms with Crippen molar-refractivity contribution in [3.63, 3.8) is 0 Å². The number of nitrogens with zero attached hydrogens (tertiary/aromatic N) is 1. The third-order valence-corrected chi connectivity index (χ3v) is 5.48. The van der Waals surface area contributed by atoms with Gasteiger partial charge in [0.25, 0.3) is 0 Å². The Morgan fingerprint density at radius 2 is 0.560 bits per heavy atom. The van der Waals surface area contributed by atoms with Crippen molar-refractivity contribution in [3.05, 3.63) is 0 Å². The number of unbranched alkanes of at least 4 members (excludes halogenated alkanes) is 15. The third kappa shape index (κ3) is 20.1. The average Bonchev–Trinajstić information content (AvgIpc) is 2.63. The second kappa shape index (κ2) is 22.0. The van der Waals surface area contributed by atoms with Crippen LogP contribution in [-0.4, -0.2) is 24.5 Å². The van der Waals surface area contributed by atoms with Crippen LogP contribution in [0.25, 0.3) is 0 Å². The number of hydrogen-bond acceptors (Lipinski definition) is 1. The first kappa shape index (κ1) is 25.0. The lowest BCUT2D eigenvalue weighted by molar-refractivity contribution is 0.254. The predicted octanol–water partition coefficient (Wildman–Crippen LogP) is 8.37. The van der Waals surface area contributed by atoms with Crippen molar-refractivity contribution in [3.8, 4) is 0 Å². The molecule has 0 saturated carbocycles. The van der Waals surface area contributed by atoms with Crippen molar-refractivity contribution in [2.24, 2.45) is 0 Å². The van der Waals surface area contributed by atoms with Gasteiger partial charge in [0.05, 0.1) is 0 Å². The molecule has 1 nitrogen and oxygen atoms in total. The van der Waals surface area contributed by atoms with Crippen LogP contribution in [0.4, 0.5) is 0 Å². The van der Waals surface area contributed by atoms with E-state index in [1.165, 1.54) is 135 Å². The van der Waals surface area contributed by atoms with E-state index in [4.69, 9.17) is 0 Å². The zero-order valence-corrected chi connectivity index (χ0v) is 18.3. The molecular weight excluding hydrogens is 302 g/mol. The maximum absolute atomic E-state index is 2.79. The molecule has 0 unspecified atom stereocenters. The fourth-order valence-electron chi connectivity index (χ4n) is 3.68. The molecular formula is C24H51N. The third-order valence-electron chi connectivity index (χ3n) is 5.48. The first-order valence-electron chi connectivity index (χ1n) is 12.1. The van der Waals surface area contributed by atoms with Crippen LogP contribution >= 0.6 is 0 Å². The molecule has 0 heterocycles. The quantitative estimate of drug-likeness (QED) is 0.187. The number of rotatable bonds is 21. The maximum atomic E-state index is 2.79. The summed E-state index contributed by atoms with van der Waals surface area (Å²) in [4.78, 5) is 2.79. The molecule has 0 aromatic rings. The fourth-order valence-corrected chi connectivity index (χ4v) is 3.68. The highest BCUT2D eigenvalue weighted by atomic mass is 15.1. The van der Waals surface area contributed by atoms with E-state index in [0.29, 0.717) is 0 Å². The second-order valence-corrected chi connectivity index (χ2v) is 8.14. The Labute approximate surface area is 161 Å². The summed E-state index contributed by atoms with van der Waals surface area (Å²) in [5, 5.41) is 0. The molecule has 0 aliphatic heterocycles. The topological polar surface area (TPSA) is 3.24 Å². The molecule has 152 valence electrons. The molecule has 0 aliphatic carbocycles. The SMILES string of the molecule is CCCCCCCCCN(CCCCCC)CCCCCCCCC. The molecule has 0 aromatic heterocycles. The highest BCUT2D eigenvalue weighted by Gasteiger charge is 2.04. The van der Waals surface area contributed by atoms with E-state index in [9.17, 15) is 0 Å². The Balaban J connectivity index is 3.71. The minimum absolute atomic E-state index is 1.35. The minimum Gasteiger partial charge on any atom is -0.303 e. The van der Waals surface area contributed by atoms with E-state index in [1.54, 1.807) is 0 Å². The molecule has 0 spiro atoms. The van der Waals surface area contributed by atoms with Crippen LogP contribution < -0.4 is 0 Å².